The van der Waals surface area contributed by atoms with E-state index in [1.807, 2.05) is 12.1 Å². The minimum absolute atomic E-state index is 0. The van der Waals surface area contributed by atoms with Gasteiger partial charge in [-0.2, -0.15) is 0 Å². The largest absolute Gasteiger partial charge is 0.465 e. The molecule has 1 aromatic heterocycles. The standard InChI is InChI=1S/C16H19N3O3S.ClH/c1-10(17)6-14(20)19-16-18-9-13(23-16)8-11-4-3-5-12(7-11)15(21)22-2;/h3-5,7,9-10H,6,8,17H2,1-2H3,(H,18,19,20);1H. The van der Waals surface area contributed by atoms with E-state index in [0.717, 1.165) is 10.4 Å². The van der Waals surface area contributed by atoms with Gasteiger partial charge in [-0.25, -0.2) is 9.78 Å². The van der Waals surface area contributed by atoms with Crippen molar-refractivity contribution < 1.29 is 14.3 Å². The summed E-state index contributed by atoms with van der Waals surface area (Å²) < 4.78 is 4.71. The summed E-state index contributed by atoms with van der Waals surface area (Å²) in [5.74, 6) is -0.506. The number of nitrogens with one attached hydrogen (secondary N) is 1. The molecule has 0 aliphatic rings. The van der Waals surface area contributed by atoms with E-state index < -0.39 is 0 Å². The highest BCUT2D eigenvalue weighted by molar-refractivity contribution is 7.15. The summed E-state index contributed by atoms with van der Waals surface area (Å²) in [5, 5.41) is 3.28. The molecule has 24 heavy (non-hydrogen) atoms. The average Bonchev–Trinajstić information content (AvgIpc) is 2.92. The van der Waals surface area contributed by atoms with Gasteiger partial charge in [0.15, 0.2) is 5.13 Å². The van der Waals surface area contributed by atoms with Crippen LogP contribution in [0.3, 0.4) is 0 Å². The lowest BCUT2D eigenvalue weighted by Gasteiger charge is -2.04. The fourth-order valence-electron chi connectivity index (χ4n) is 2.04. The van der Waals surface area contributed by atoms with Crippen molar-refractivity contribution in [3.63, 3.8) is 0 Å². The zero-order valence-corrected chi connectivity index (χ0v) is 15.1. The van der Waals surface area contributed by atoms with E-state index in [0.29, 0.717) is 17.1 Å². The van der Waals surface area contributed by atoms with Crippen molar-refractivity contribution >= 4 is 40.8 Å². The summed E-state index contributed by atoms with van der Waals surface area (Å²) in [6, 6.07) is 7.06. The van der Waals surface area contributed by atoms with Crippen LogP contribution in [0.1, 0.15) is 34.1 Å². The molecule has 0 saturated carbocycles. The van der Waals surface area contributed by atoms with Crippen LogP contribution in [0, 0.1) is 0 Å². The highest BCUT2D eigenvalue weighted by Crippen LogP contribution is 2.22. The van der Waals surface area contributed by atoms with Crippen molar-refractivity contribution in [2.45, 2.75) is 25.8 Å². The Morgan fingerprint density at radius 1 is 1.42 bits per heavy atom. The van der Waals surface area contributed by atoms with Crippen LogP contribution < -0.4 is 11.1 Å². The van der Waals surface area contributed by atoms with Gasteiger partial charge in [0.1, 0.15) is 0 Å². The van der Waals surface area contributed by atoms with E-state index in [-0.39, 0.29) is 36.7 Å². The van der Waals surface area contributed by atoms with E-state index in [4.69, 9.17) is 10.5 Å². The second-order valence-electron chi connectivity index (χ2n) is 5.23. The first kappa shape index (κ1) is 20.1. The van der Waals surface area contributed by atoms with Crippen molar-refractivity contribution in [3.8, 4) is 0 Å². The number of rotatable bonds is 6. The quantitative estimate of drug-likeness (QED) is 0.763. The number of nitrogens with two attached hydrogens (primary N) is 1. The number of carbonyl (C=O) groups excluding carboxylic acids is 2. The molecule has 1 atom stereocenters. The highest BCUT2D eigenvalue weighted by atomic mass is 35.5. The number of benzene rings is 1. The number of hydrogen-bond acceptors (Lipinski definition) is 6. The molecule has 1 amide bonds. The van der Waals surface area contributed by atoms with E-state index in [1.54, 1.807) is 25.3 Å². The van der Waals surface area contributed by atoms with Crippen molar-refractivity contribution in [2.75, 3.05) is 12.4 Å². The average molecular weight is 370 g/mol. The van der Waals surface area contributed by atoms with Crippen LogP contribution in [0.4, 0.5) is 5.13 Å². The van der Waals surface area contributed by atoms with Gasteiger partial charge in [0, 0.05) is 30.0 Å². The number of methoxy groups -OCH3 is 1. The Bertz CT molecular complexity index is 703. The van der Waals surface area contributed by atoms with Crippen LogP contribution in [-0.4, -0.2) is 30.0 Å². The molecule has 0 saturated heterocycles. The Morgan fingerprint density at radius 3 is 2.83 bits per heavy atom. The predicted molar refractivity (Wildman–Crippen MR) is 96.8 cm³/mol. The maximum atomic E-state index is 11.7. The Kier molecular flexibility index (Phi) is 7.84. The number of amides is 1. The molecule has 6 nitrogen and oxygen atoms in total. The number of aromatic nitrogens is 1. The summed E-state index contributed by atoms with van der Waals surface area (Å²) in [6.45, 7) is 1.78. The van der Waals surface area contributed by atoms with Crippen LogP contribution in [0.5, 0.6) is 0 Å². The van der Waals surface area contributed by atoms with Gasteiger partial charge >= 0.3 is 5.97 Å². The van der Waals surface area contributed by atoms with E-state index in [2.05, 4.69) is 10.3 Å². The minimum Gasteiger partial charge on any atom is -0.465 e. The van der Waals surface area contributed by atoms with Crippen molar-refractivity contribution in [2.24, 2.45) is 5.73 Å². The number of anilines is 1. The number of ether oxygens (including phenoxy) is 1. The van der Waals surface area contributed by atoms with Crippen LogP contribution in [-0.2, 0) is 16.0 Å². The molecule has 0 bridgehead atoms. The van der Waals surface area contributed by atoms with Crippen molar-refractivity contribution in [1.29, 1.82) is 0 Å². The van der Waals surface area contributed by atoms with Crippen LogP contribution in [0.25, 0.3) is 0 Å². The van der Waals surface area contributed by atoms with Gasteiger partial charge < -0.3 is 15.8 Å². The number of nitrogens with zero attached hydrogens (tertiary/aromatic N) is 1. The van der Waals surface area contributed by atoms with Crippen LogP contribution in [0.2, 0.25) is 0 Å². The number of halogens is 1. The first-order chi connectivity index (χ1) is 11.0. The summed E-state index contributed by atoms with van der Waals surface area (Å²) >= 11 is 1.40. The van der Waals surface area contributed by atoms with Crippen molar-refractivity contribution in [1.82, 2.24) is 4.98 Å². The third-order valence-electron chi connectivity index (χ3n) is 3.03. The maximum Gasteiger partial charge on any atom is 0.337 e. The van der Waals surface area contributed by atoms with E-state index in [9.17, 15) is 9.59 Å². The van der Waals surface area contributed by atoms with E-state index in [1.165, 1.54) is 18.4 Å². The summed E-state index contributed by atoms with van der Waals surface area (Å²) in [7, 11) is 1.36. The number of carbonyl (C=O) groups is 2. The van der Waals surface area contributed by atoms with Gasteiger partial charge in [-0.1, -0.05) is 12.1 Å². The van der Waals surface area contributed by atoms with Gasteiger partial charge in [0.05, 0.1) is 12.7 Å². The predicted octanol–water partition coefficient (Wildman–Crippen LogP) is 2.62. The van der Waals surface area contributed by atoms with Gasteiger partial charge in [-0.05, 0) is 24.6 Å². The third kappa shape index (κ3) is 5.92. The second kappa shape index (κ2) is 9.36. The lowest BCUT2D eigenvalue weighted by atomic mass is 10.1. The maximum absolute atomic E-state index is 11.7. The van der Waals surface area contributed by atoms with Crippen LogP contribution >= 0.6 is 23.7 Å². The summed E-state index contributed by atoms with van der Waals surface area (Å²) in [6.07, 6.45) is 2.61. The first-order valence-electron chi connectivity index (χ1n) is 7.15. The monoisotopic (exact) mass is 369 g/mol. The van der Waals surface area contributed by atoms with Gasteiger partial charge in [-0.15, -0.1) is 23.7 Å². The topological polar surface area (TPSA) is 94.3 Å². The Morgan fingerprint density at radius 2 is 2.17 bits per heavy atom. The van der Waals surface area contributed by atoms with Gasteiger partial charge in [-0.3, -0.25) is 4.79 Å². The zero-order valence-electron chi connectivity index (χ0n) is 13.4. The Balaban J connectivity index is 0.00000288. The normalized spacial score (nSPS) is 11.3. The number of thiazole rings is 1. The molecule has 8 heteroatoms. The Hall–Kier alpha value is -1.96. The molecule has 2 aromatic rings. The molecule has 130 valence electrons. The van der Waals surface area contributed by atoms with Crippen LogP contribution in [0.15, 0.2) is 30.5 Å². The molecule has 1 unspecified atom stereocenters. The number of hydrogen-bond donors (Lipinski definition) is 2. The van der Waals surface area contributed by atoms with E-state index >= 15 is 0 Å². The van der Waals surface area contributed by atoms with Gasteiger partial charge in [0.25, 0.3) is 0 Å². The molecule has 3 N–H and O–H groups in total. The molecule has 0 aliphatic carbocycles. The molecular weight excluding hydrogens is 350 g/mol. The van der Waals surface area contributed by atoms with Crippen molar-refractivity contribution in [3.05, 3.63) is 46.5 Å². The molecule has 0 radical (unpaired) electrons. The van der Waals surface area contributed by atoms with Gasteiger partial charge in [0.2, 0.25) is 5.91 Å². The molecule has 2 rings (SSSR count). The first-order valence-corrected chi connectivity index (χ1v) is 7.97. The third-order valence-corrected chi connectivity index (χ3v) is 3.95. The highest BCUT2D eigenvalue weighted by Gasteiger charge is 2.10. The lowest BCUT2D eigenvalue weighted by molar-refractivity contribution is -0.116. The zero-order chi connectivity index (χ0) is 16.8. The minimum atomic E-state index is -0.361. The Labute approximate surface area is 150 Å². The molecule has 0 spiro atoms. The smallest absolute Gasteiger partial charge is 0.337 e. The fraction of sp³-hybridized carbons (Fsp3) is 0.312. The second-order valence-corrected chi connectivity index (χ2v) is 6.35. The number of esters is 1. The molecule has 1 heterocycles. The summed E-state index contributed by atoms with van der Waals surface area (Å²) in [5.41, 5.74) is 7.08. The molecule has 0 aliphatic heterocycles. The SMILES string of the molecule is COC(=O)c1cccc(Cc2cnc(NC(=O)CC(C)N)s2)c1.Cl. The summed E-state index contributed by atoms with van der Waals surface area (Å²) in [4.78, 5) is 28.4. The lowest BCUT2D eigenvalue weighted by Crippen LogP contribution is -2.23. The fourth-order valence-corrected chi connectivity index (χ4v) is 2.90. The molecule has 0 fully saturated rings. The molecular formula is C16H20ClN3O3S. The molecule has 1 aromatic carbocycles.